The van der Waals surface area contributed by atoms with Gasteiger partial charge in [0.15, 0.2) is 5.69 Å². The molecule has 1 N–H and O–H groups in total. The molecule has 0 aliphatic carbocycles. The number of nitriles is 1. The van der Waals surface area contributed by atoms with Gasteiger partial charge < -0.3 is 5.32 Å². The molecule has 0 fully saturated rings. The van der Waals surface area contributed by atoms with Crippen molar-refractivity contribution in [2.45, 2.75) is 19.5 Å². The van der Waals surface area contributed by atoms with Crippen LogP contribution in [0.1, 0.15) is 12.6 Å². The van der Waals surface area contributed by atoms with Crippen molar-refractivity contribution in [2.24, 2.45) is 0 Å². The lowest BCUT2D eigenvalue weighted by molar-refractivity contribution is 0.561. The standard InChI is InChI=1S/C15H14N6/c1-11(10-21-8-4-7-17-21)18-15-12-5-2-3-6-13(12)19-20-14(15)9-16/h2-8,11H,10H2,1H3,(H,18,19). The molecule has 0 aliphatic rings. The van der Waals surface area contributed by atoms with Crippen LogP contribution in [-0.2, 0) is 6.54 Å². The van der Waals surface area contributed by atoms with Crippen molar-refractivity contribution in [3.8, 4) is 6.07 Å². The number of fused-ring (bicyclic) bond motifs is 1. The first-order valence-electron chi connectivity index (χ1n) is 6.67. The molecule has 3 rings (SSSR count). The van der Waals surface area contributed by atoms with E-state index >= 15 is 0 Å². The van der Waals surface area contributed by atoms with E-state index in [0.29, 0.717) is 12.2 Å². The third-order valence-corrected chi connectivity index (χ3v) is 3.18. The summed E-state index contributed by atoms with van der Waals surface area (Å²) in [5.41, 5.74) is 1.80. The third-order valence-electron chi connectivity index (χ3n) is 3.18. The molecule has 21 heavy (non-hydrogen) atoms. The highest BCUT2D eigenvalue weighted by atomic mass is 15.3. The van der Waals surface area contributed by atoms with Gasteiger partial charge in [0.25, 0.3) is 0 Å². The molecule has 1 unspecified atom stereocenters. The lowest BCUT2D eigenvalue weighted by Gasteiger charge is -2.17. The number of hydrogen-bond acceptors (Lipinski definition) is 5. The van der Waals surface area contributed by atoms with Crippen LogP contribution in [-0.4, -0.2) is 26.0 Å². The molecule has 0 aliphatic heterocycles. The normalized spacial score (nSPS) is 12.0. The van der Waals surface area contributed by atoms with Crippen LogP contribution < -0.4 is 5.32 Å². The van der Waals surface area contributed by atoms with Gasteiger partial charge >= 0.3 is 0 Å². The fourth-order valence-electron chi connectivity index (χ4n) is 2.26. The molecule has 0 saturated carbocycles. The van der Waals surface area contributed by atoms with Crippen LogP contribution in [0.5, 0.6) is 0 Å². The van der Waals surface area contributed by atoms with Crippen LogP contribution >= 0.6 is 0 Å². The van der Waals surface area contributed by atoms with E-state index in [2.05, 4.69) is 26.7 Å². The summed E-state index contributed by atoms with van der Waals surface area (Å²) in [6.07, 6.45) is 3.66. The molecule has 6 nitrogen and oxygen atoms in total. The van der Waals surface area contributed by atoms with E-state index in [1.54, 1.807) is 6.20 Å². The highest BCUT2D eigenvalue weighted by Gasteiger charge is 2.13. The first-order valence-corrected chi connectivity index (χ1v) is 6.67. The Morgan fingerprint density at radius 1 is 1.29 bits per heavy atom. The van der Waals surface area contributed by atoms with Crippen molar-refractivity contribution in [1.29, 1.82) is 5.26 Å². The second-order valence-electron chi connectivity index (χ2n) is 4.83. The van der Waals surface area contributed by atoms with Gasteiger partial charge in [-0.05, 0) is 19.1 Å². The lowest BCUT2D eigenvalue weighted by atomic mass is 10.1. The first-order chi connectivity index (χ1) is 10.3. The molecule has 6 heteroatoms. The monoisotopic (exact) mass is 278 g/mol. The highest BCUT2D eigenvalue weighted by molar-refractivity contribution is 5.92. The molecular formula is C15H14N6. The molecule has 1 atom stereocenters. The van der Waals surface area contributed by atoms with Gasteiger partial charge in [0.2, 0.25) is 0 Å². The molecule has 1 aromatic carbocycles. The molecule has 2 aromatic heterocycles. The summed E-state index contributed by atoms with van der Waals surface area (Å²) in [5, 5.41) is 25.7. The summed E-state index contributed by atoms with van der Waals surface area (Å²) in [7, 11) is 0. The van der Waals surface area contributed by atoms with Gasteiger partial charge in [0.05, 0.1) is 17.7 Å². The maximum absolute atomic E-state index is 9.24. The molecule has 0 amide bonds. The number of benzene rings is 1. The van der Waals surface area contributed by atoms with E-state index in [-0.39, 0.29) is 6.04 Å². The topological polar surface area (TPSA) is 79.4 Å². The van der Waals surface area contributed by atoms with Gasteiger partial charge in [-0.15, -0.1) is 10.2 Å². The zero-order valence-electron chi connectivity index (χ0n) is 11.6. The maximum atomic E-state index is 9.24. The second kappa shape index (κ2) is 5.59. The van der Waals surface area contributed by atoms with Gasteiger partial charge in [-0.3, -0.25) is 4.68 Å². The average molecular weight is 278 g/mol. The minimum absolute atomic E-state index is 0.101. The quantitative estimate of drug-likeness (QED) is 0.791. The van der Waals surface area contributed by atoms with Gasteiger partial charge in [-0.25, -0.2) is 0 Å². The molecule has 0 spiro atoms. The Bertz CT molecular complexity index is 788. The van der Waals surface area contributed by atoms with Gasteiger partial charge in [0.1, 0.15) is 6.07 Å². The van der Waals surface area contributed by atoms with Gasteiger partial charge in [0, 0.05) is 23.8 Å². The molecular weight excluding hydrogens is 264 g/mol. The number of nitrogens with zero attached hydrogens (tertiary/aromatic N) is 5. The largest absolute Gasteiger partial charge is 0.378 e. The van der Waals surface area contributed by atoms with E-state index in [4.69, 9.17) is 0 Å². The Hall–Kier alpha value is -2.94. The van der Waals surface area contributed by atoms with Crippen LogP contribution in [0, 0.1) is 11.3 Å². The molecule has 0 saturated heterocycles. The van der Waals surface area contributed by atoms with Crippen molar-refractivity contribution in [2.75, 3.05) is 5.32 Å². The second-order valence-corrected chi connectivity index (χ2v) is 4.83. The van der Waals surface area contributed by atoms with Gasteiger partial charge in [-0.1, -0.05) is 18.2 Å². The average Bonchev–Trinajstić information content (AvgIpc) is 3.00. The fraction of sp³-hybridized carbons (Fsp3) is 0.200. The molecule has 3 aromatic rings. The Kier molecular flexibility index (Phi) is 3.48. The molecule has 2 heterocycles. The predicted molar refractivity (Wildman–Crippen MR) is 79.6 cm³/mol. The summed E-state index contributed by atoms with van der Waals surface area (Å²) >= 11 is 0. The molecule has 0 bridgehead atoms. The van der Waals surface area contributed by atoms with Crippen LogP contribution in [0.25, 0.3) is 10.9 Å². The summed E-state index contributed by atoms with van der Waals surface area (Å²) in [4.78, 5) is 0. The van der Waals surface area contributed by atoms with Crippen molar-refractivity contribution in [1.82, 2.24) is 20.0 Å². The van der Waals surface area contributed by atoms with E-state index in [0.717, 1.165) is 16.6 Å². The van der Waals surface area contributed by atoms with Crippen molar-refractivity contribution in [3.63, 3.8) is 0 Å². The number of rotatable bonds is 4. The van der Waals surface area contributed by atoms with Crippen LogP contribution in [0.4, 0.5) is 5.69 Å². The summed E-state index contributed by atoms with van der Waals surface area (Å²) in [6, 6.07) is 11.7. The summed E-state index contributed by atoms with van der Waals surface area (Å²) < 4.78 is 1.85. The van der Waals surface area contributed by atoms with Crippen molar-refractivity contribution >= 4 is 16.6 Å². The zero-order chi connectivity index (χ0) is 14.7. The molecule has 104 valence electrons. The minimum atomic E-state index is 0.101. The zero-order valence-corrected chi connectivity index (χ0v) is 11.6. The molecule has 0 radical (unpaired) electrons. The SMILES string of the molecule is CC(Cn1cccn1)Nc1c(C#N)nnc2ccccc12. The van der Waals surface area contributed by atoms with E-state index in [1.165, 1.54) is 0 Å². The van der Waals surface area contributed by atoms with Crippen molar-refractivity contribution in [3.05, 3.63) is 48.4 Å². The Morgan fingerprint density at radius 2 is 2.14 bits per heavy atom. The summed E-state index contributed by atoms with van der Waals surface area (Å²) in [5.74, 6) is 0. The van der Waals surface area contributed by atoms with E-state index in [1.807, 2.05) is 48.1 Å². The number of nitrogens with one attached hydrogen (secondary N) is 1. The smallest absolute Gasteiger partial charge is 0.186 e. The number of aromatic nitrogens is 4. The van der Waals surface area contributed by atoms with Crippen molar-refractivity contribution < 1.29 is 0 Å². The maximum Gasteiger partial charge on any atom is 0.186 e. The van der Waals surface area contributed by atoms with Crippen LogP contribution in [0.2, 0.25) is 0 Å². The van der Waals surface area contributed by atoms with E-state index in [9.17, 15) is 5.26 Å². The Labute approximate surface area is 122 Å². The number of hydrogen-bond donors (Lipinski definition) is 1. The fourth-order valence-corrected chi connectivity index (χ4v) is 2.26. The lowest BCUT2D eigenvalue weighted by Crippen LogP contribution is -2.23. The Balaban J connectivity index is 1.93. The minimum Gasteiger partial charge on any atom is -0.378 e. The van der Waals surface area contributed by atoms with Crippen LogP contribution in [0.15, 0.2) is 42.7 Å². The summed E-state index contributed by atoms with van der Waals surface area (Å²) in [6.45, 7) is 2.74. The van der Waals surface area contributed by atoms with E-state index < -0.39 is 0 Å². The third kappa shape index (κ3) is 2.67. The Morgan fingerprint density at radius 3 is 2.90 bits per heavy atom. The number of anilines is 1. The highest BCUT2D eigenvalue weighted by Crippen LogP contribution is 2.24. The first kappa shape index (κ1) is 13.1. The van der Waals surface area contributed by atoms with Gasteiger partial charge in [-0.2, -0.15) is 10.4 Å². The predicted octanol–water partition coefficient (Wildman–Crippen LogP) is 2.20. The van der Waals surface area contributed by atoms with Crippen LogP contribution in [0.3, 0.4) is 0 Å².